The molecule has 0 bridgehead atoms. The summed E-state index contributed by atoms with van der Waals surface area (Å²) in [5.74, 6) is 1.82. The van der Waals surface area contributed by atoms with E-state index in [0.29, 0.717) is 13.2 Å². The van der Waals surface area contributed by atoms with Gasteiger partial charge in [0.25, 0.3) is 0 Å². The van der Waals surface area contributed by atoms with Crippen molar-refractivity contribution in [1.29, 1.82) is 0 Å². The molecule has 7 nitrogen and oxygen atoms in total. The second-order valence-electron chi connectivity index (χ2n) is 7.62. The highest BCUT2D eigenvalue weighted by atomic mass is 127. The molecule has 29 heavy (non-hydrogen) atoms. The van der Waals surface area contributed by atoms with Crippen molar-refractivity contribution >= 4 is 35.8 Å². The number of carbonyl (C=O) groups excluding carboxylic acids is 1. The van der Waals surface area contributed by atoms with Gasteiger partial charge in [0.05, 0.1) is 12.0 Å². The van der Waals surface area contributed by atoms with Crippen LogP contribution in [0.25, 0.3) is 0 Å². The van der Waals surface area contributed by atoms with E-state index in [4.69, 9.17) is 9.73 Å². The van der Waals surface area contributed by atoms with Crippen LogP contribution in [0, 0.1) is 5.41 Å². The number of halogens is 1. The number of nitrogens with zero attached hydrogens (tertiary/aromatic N) is 3. The zero-order valence-electron chi connectivity index (χ0n) is 18.1. The molecule has 0 aromatic heterocycles. The van der Waals surface area contributed by atoms with Crippen molar-refractivity contribution in [2.45, 2.75) is 20.8 Å². The normalized spacial score (nSPS) is 15.4. The second kappa shape index (κ2) is 12.9. The van der Waals surface area contributed by atoms with Crippen molar-refractivity contribution < 1.29 is 9.53 Å². The molecule has 0 atom stereocenters. The predicted molar refractivity (Wildman–Crippen MR) is 129 cm³/mol. The van der Waals surface area contributed by atoms with Gasteiger partial charge in [0, 0.05) is 46.3 Å². The molecule has 0 radical (unpaired) electrons. The summed E-state index contributed by atoms with van der Waals surface area (Å²) in [6, 6.07) is 9.93. The Kier molecular flexibility index (Phi) is 11.3. The first-order valence-electron chi connectivity index (χ1n) is 10.1. The minimum Gasteiger partial charge on any atom is -0.492 e. The Morgan fingerprint density at radius 3 is 2.41 bits per heavy atom. The highest BCUT2D eigenvalue weighted by molar-refractivity contribution is 14.0. The Bertz CT molecular complexity index is 631. The first kappa shape index (κ1) is 25.5. The summed E-state index contributed by atoms with van der Waals surface area (Å²) in [6.45, 7) is 12.6. The van der Waals surface area contributed by atoms with Crippen LogP contribution in [0.2, 0.25) is 0 Å². The first-order chi connectivity index (χ1) is 13.5. The second-order valence-corrected chi connectivity index (χ2v) is 7.62. The Morgan fingerprint density at radius 1 is 1.17 bits per heavy atom. The molecule has 1 aromatic rings. The van der Waals surface area contributed by atoms with Crippen LogP contribution in [-0.2, 0) is 4.79 Å². The number of aliphatic imine (C=N–C) groups is 1. The van der Waals surface area contributed by atoms with Gasteiger partial charge in [-0.05, 0) is 32.9 Å². The zero-order valence-corrected chi connectivity index (χ0v) is 20.4. The quantitative estimate of drug-likeness (QED) is 0.314. The van der Waals surface area contributed by atoms with E-state index in [1.807, 2.05) is 44.2 Å². The summed E-state index contributed by atoms with van der Waals surface area (Å²) in [4.78, 5) is 21.4. The van der Waals surface area contributed by atoms with E-state index >= 15 is 0 Å². The summed E-state index contributed by atoms with van der Waals surface area (Å²) in [6.07, 6.45) is 0. The molecule has 0 saturated carbocycles. The number of nitrogens with one attached hydrogen (secondary N) is 2. The van der Waals surface area contributed by atoms with Gasteiger partial charge < -0.3 is 20.3 Å². The number of piperazine rings is 1. The van der Waals surface area contributed by atoms with Crippen LogP contribution in [0.4, 0.5) is 0 Å². The Labute approximate surface area is 192 Å². The average molecular weight is 517 g/mol. The van der Waals surface area contributed by atoms with Crippen LogP contribution >= 0.6 is 24.0 Å². The third-order valence-corrected chi connectivity index (χ3v) is 4.89. The fourth-order valence-electron chi connectivity index (χ4n) is 3.10. The first-order valence-corrected chi connectivity index (χ1v) is 10.1. The van der Waals surface area contributed by atoms with Crippen LogP contribution in [0.1, 0.15) is 20.8 Å². The van der Waals surface area contributed by atoms with E-state index in [1.165, 1.54) is 0 Å². The Balaban J connectivity index is 0.00000420. The summed E-state index contributed by atoms with van der Waals surface area (Å²) in [5.41, 5.74) is -0.522. The zero-order chi connectivity index (χ0) is 20.4. The molecule has 1 heterocycles. The molecule has 2 N–H and O–H groups in total. The maximum atomic E-state index is 12.0. The van der Waals surface area contributed by atoms with E-state index < -0.39 is 5.41 Å². The number of hydrogen-bond acceptors (Lipinski definition) is 4. The average Bonchev–Trinajstić information content (AvgIpc) is 2.72. The van der Waals surface area contributed by atoms with Gasteiger partial charge in [-0.15, -0.1) is 24.0 Å². The lowest BCUT2D eigenvalue weighted by Gasteiger charge is -2.36. The van der Waals surface area contributed by atoms with E-state index in [1.54, 1.807) is 7.05 Å². The van der Waals surface area contributed by atoms with Gasteiger partial charge in [0.2, 0.25) is 5.91 Å². The minimum atomic E-state index is -0.522. The molecule has 1 aliphatic heterocycles. The van der Waals surface area contributed by atoms with Gasteiger partial charge in [-0.1, -0.05) is 18.2 Å². The fourth-order valence-corrected chi connectivity index (χ4v) is 3.10. The topological polar surface area (TPSA) is 69.2 Å². The summed E-state index contributed by atoms with van der Waals surface area (Å²) in [7, 11) is 1.67. The lowest BCUT2D eigenvalue weighted by atomic mass is 9.93. The van der Waals surface area contributed by atoms with Crippen molar-refractivity contribution in [3.63, 3.8) is 0 Å². The van der Waals surface area contributed by atoms with Gasteiger partial charge in [-0.25, -0.2) is 0 Å². The third-order valence-electron chi connectivity index (χ3n) is 4.89. The number of para-hydroxylation sites is 1. The monoisotopic (exact) mass is 517 g/mol. The molecule has 0 spiro atoms. The SMILES string of the molecule is CCNC(=NCC(C)(C)C(=O)NC)N1CCN(CCOc2ccccc2)CC1.I. The van der Waals surface area contributed by atoms with Crippen LogP contribution in [0.3, 0.4) is 0 Å². The van der Waals surface area contributed by atoms with Crippen molar-refractivity contribution in [3.8, 4) is 5.75 Å². The molecule has 164 valence electrons. The molecule has 1 fully saturated rings. The Morgan fingerprint density at radius 2 is 1.83 bits per heavy atom. The lowest BCUT2D eigenvalue weighted by molar-refractivity contribution is -0.128. The summed E-state index contributed by atoms with van der Waals surface area (Å²) < 4.78 is 5.80. The van der Waals surface area contributed by atoms with Gasteiger partial charge in [-0.3, -0.25) is 14.7 Å². The third kappa shape index (κ3) is 8.38. The highest BCUT2D eigenvalue weighted by Gasteiger charge is 2.27. The van der Waals surface area contributed by atoms with Gasteiger partial charge in [0.1, 0.15) is 12.4 Å². The standard InChI is InChI=1S/C21H35N5O2.HI/c1-5-23-20(24-17-21(2,3)19(27)22-4)26-13-11-25(12-14-26)15-16-28-18-9-7-6-8-10-18;/h6-10H,5,11-17H2,1-4H3,(H,22,27)(H,23,24);1H. The number of ether oxygens (including phenoxy) is 1. The summed E-state index contributed by atoms with van der Waals surface area (Å²) >= 11 is 0. The molecule has 1 saturated heterocycles. The van der Waals surface area contributed by atoms with E-state index in [2.05, 4.69) is 27.4 Å². The molecule has 2 rings (SSSR count). The van der Waals surface area contributed by atoms with Crippen LogP contribution < -0.4 is 15.4 Å². The number of amides is 1. The molecule has 0 unspecified atom stereocenters. The number of benzene rings is 1. The van der Waals surface area contributed by atoms with E-state index in [0.717, 1.165) is 51.0 Å². The lowest BCUT2D eigenvalue weighted by Crippen LogP contribution is -2.53. The number of carbonyl (C=O) groups is 1. The molecule has 0 aliphatic carbocycles. The van der Waals surface area contributed by atoms with Crippen molar-refractivity contribution in [2.75, 3.05) is 59.5 Å². The Hall–Kier alpha value is -1.55. The van der Waals surface area contributed by atoms with Crippen molar-refractivity contribution in [2.24, 2.45) is 10.4 Å². The van der Waals surface area contributed by atoms with Gasteiger partial charge in [-0.2, -0.15) is 0 Å². The summed E-state index contributed by atoms with van der Waals surface area (Å²) in [5, 5.41) is 6.08. The van der Waals surface area contributed by atoms with Crippen LogP contribution in [0.15, 0.2) is 35.3 Å². The van der Waals surface area contributed by atoms with Crippen LogP contribution in [0.5, 0.6) is 5.75 Å². The number of rotatable bonds is 8. The smallest absolute Gasteiger partial charge is 0.227 e. The van der Waals surface area contributed by atoms with E-state index in [9.17, 15) is 4.79 Å². The van der Waals surface area contributed by atoms with Crippen molar-refractivity contribution in [3.05, 3.63) is 30.3 Å². The largest absolute Gasteiger partial charge is 0.492 e. The van der Waals surface area contributed by atoms with Crippen molar-refractivity contribution in [1.82, 2.24) is 20.4 Å². The molecule has 1 aliphatic rings. The molecular formula is C21H36IN5O2. The maximum Gasteiger partial charge on any atom is 0.227 e. The predicted octanol–water partition coefficient (Wildman–Crippen LogP) is 2.04. The number of guanidine groups is 1. The molecule has 1 aromatic carbocycles. The minimum absolute atomic E-state index is 0. The van der Waals surface area contributed by atoms with Gasteiger partial charge >= 0.3 is 0 Å². The molecule has 8 heteroatoms. The molecular weight excluding hydrogens is 481 g/mol. The maximum absolute atomic E-state index is 12.0. The highest BCUT2D eigenvalue weighted by Crippen LogP contribution is 2.16. The van der Waals surface area contributed by atoms with Crippen LogP contribution in [-0.4, -0.2) is 81.1 Å². The number of hydrogen-bond donors (Lipinski definition) is 2. The molecule has 1 amide bonds. The van der Waals surface area contributed by atoms with Gasteiger partial charge in [0.15, 0.2) is 5.96 Å². The fraction of sp³-hybridized carbons (Fsp3) is 0.619. The van der Waals surface area contributed by atoms with E-state index in [-0.39, 0.29) is 29.9 Å².